The van der Waals surface area contributed by atoms with Gasteiger partial charge in [-0.3, -0.25) is 4.68 Å². The summed E-state index contributed by atoms with van der Waals surface area (Å²) in [5.74, 6) is 0. The van der Waals surface area contributed by atoms with Crippen LogP contribution in [0.2, 0.25) is 0 Å². The Morgan fingerprint density at radius 2 is 2.29 bits per heavy atom. The summed E-state index contributed by atoms with van der Waals surface area (Å²) in [4.78, 5) is 0. The molecule has 1 N–H and O–H groups in total. The van der Waals surface area contributed by atoms with Gasteiger partial charge in [0.2, 0.25) is 0 Å². The van der Waals surface area contributed by atoms with Crippen molar-refractivity contribution >= 4 is 0 Å². The normalized spacial score (nSPS) is 11.6. The van der Waals surface area contributed by atoms with E-state index in [-0.39, 0.29) is 5.54 Å². The second-order valence-electron chi connectivity index (χ2n) is 4.46. The third kappa shape index (κ3) is 3.75. The molecule has 0 aliphatic heterocycles. The van der Waals surface area contributed by atoms with Gasteiger partial charge in [-0.15, -0.1) is 6.58 Å². The minimum atomic E-state index is 0.153. The van der Waals surface area contributed by atoms with Crippen LogP contribution in [0.3, 0.4) is 0 Å². The quantitative estimate of drug-likeness (QED) is 0.741. The second-order valence-corrected chi connectivity index (χ2v) is 4.46. The Hall–Kier alpha value is -1.09. The Kier molecular flexibility index (Phi) is 3.47. The van der Waals surface area contributed by atoms with Crippen molar-refractivity contribution in [2.75, 3.05) is 0 Å². The fourth-order valence-corrected chi connectivity index (χ4v) is 1.10. The van der Waals surface area contributed by atoms with E-state index in [0.717, 1.165) is 13.1 Å². The summed E-state index contributed by atoms with van der Waals surface area (Å²) in [7, 11) is 0. The van der Waals surface area contributed by atoms with Gasteiger partial charge in [0.05, 0.1) is 12.7 Å². The Bertz CT molecular complexity index is 294. The van der Waals surface area contributed by atoms with Gasteiger partial charge in [0.25, 0.3) is 0 Å². The zero-order valence-electron chi connectivity index (χ0n) is 9.25. The van der Waals surface area contributed by atoms with Crippen LogP contribution in [0.1, 0.15) is 26.3 Å². The van der Waals surface area contributed by atoms with Crippen LogP contribution in [0.5, 0.6) is 0 Å². The summed E-state index contributed by atoms with van der Waals surface area (Å²) in [6, 6.07) is 0. The van der Waals surface area contributed by atoms with Crippen LogP contribution in [0.4, 0.5) is 0 Å². The molecule has 1 heterocycles. The van der Waals surface area contributed by atoms with Gasteiger partial charge in [-0.25, -0.2) is 0 Å². The van der Waals surface area contributed by atoms with Gasteiger partial charge in [-0.2, -0.15) is 5.10 Å². The van der Waals surface area contributed by atoms with E-state index in [1.165, 1.54) is 5.56 Å². The lowest BCUT2D eigenvalue weighted by atomic mass is 10.1. The molecule has 78 valence electrons. The van der Waals surface area contributed by atoms with Gasteiger partial charge in [0, 0.05) is 23.8 Å². The standard InChI is InChI=1S/C11H19N3/c1-5-6-14-9-10(8-13-14)7-12-11(2,3)4/h5,8-9,12H,1,6-7H2,2-4H3. The van der Waals surface area contributed by atoms with E-state index in [4.69, 9.17) is 0 Å². The first-order valence-corrected chi connectivity index (χ1v) is 4.88. The van der Waals surface area contributed by atoms with Crippen LogP contribution in [0.25, 0.3) is 0 Å². The number of aromatic nitrogens is 2. The van der Waals surface area contributed by atoms with E-state index in [2.05, 4.69) is 37.8 Å². The Morgan fingerprint density at radius 3 is 2.86 bits per heavy atom. The number of nitrogens with one attached hydrogen (secondary N) is 1. The molecule has 0 amide bonds. The molecule has 0 aliphatic rings. The SMILES string of the molecule is C=CCn1cc(CNC(C)(C)C)cn1. The fraction of sp³-hybridized carbons (Fsp3) is 0.545. The molecule has 1 rings (SSSR count). The van der Waals surface area contributed by atoms with Crippen LogP contribution in [0.15, 0.2) is 25.0 Å². The van der Waals surface area contributed by atoms with Gasteiger partial charge in [0.1, 0.15) is 0 Å². The highest BCUT2D eigenvalue weighted by Gasteiger charge is 2.08. The molecule has 0 saturated heterocycles. The highest BCUT2D eigenvalue weighted by Crippen LogP contribution is 2.03. The first-order chi connectivity index (χ1) is 6.51. The lowest BCUT2D eigenvalue weighted by molar-refractivity contribution is 0.424. The van der Waals surface area contributed by atoms with Gasteiger partial charge in [0.15, 0.2) is 0 Å². The number of rotatable bonds is 4. The monoisotopic (exact) mass is 193 g/mol. The molecule has 1 aromatic rings. The van der Waals surface area contributed by atoms with Crippen LogP contribution in [-0.2, 0) is 13.1 Å². The summed E-state index contributed by atoms with van der Waals surface area (Å²) in [5, 5.41) is 7.63. The van der Waals surface area contributed by atoms with E-state index in [0.29, 0.717) is 0 Å². The van der Waals surface area contributed by atoms with Crippen molar-refractivity contribution < 1.29 is 0 Å². The molecule has 1 aromatic heterocycles. The molecular weight excluding hydrogens is 174 g/mol. The molecule has 3 nitrogen and oxygen atoms in total. The predicted octanol–water partition coefficient (Wildman–Crippen LogP) is 1.96. The number of nitrogens with zero attached hydrogens (tertiary/aromatic N) is 2. The molecule has 0 saturated carbocycles. The van der Waals surface area contributed by atoms with Crippen molar-refractivity contribution in [2.24, 2.45) is 0 Å². The van der Waals surface area contributed by atoms with Gasteiger partial charge in [-0.05, 0) is 20.8 Å². The molecule has 0 aliphatic carbocycles. The third-order valence-corrected chi connectivity index (χ3v) is 1.83. The first-order valence-electron chi connectivity index (χ1n) is 4.88. The number of allylic oxidation sites excluding steroid dienone is 1. The van der Waals surface area contributed by atoms with Crippen molar-refractivity contribution in [3.05, 3.63) is 30.6 Å². The zero-order chi connectivity index (χ0) is 10.6. The molecule has 0 spiro atoms. The van der Waals surface area contributed by atoms with Gasteiger partial charge < -0.3 is 5.32 Å². The maximum absolute atomic E-state index is 4.21. The van der Waals surface area contributed by atoms with E-state index in [1.54, 1.807) is 0 Å². The van der Waals surface area contributed by atoms with Gasteiger partial charge >= 0.3 is 0 Å². The first kappa shape index (κ1) is 11.0. The largest absolute Gasteiger partial charge is 0.308 e. The minimum Gasteiger partial charge on any atom is -0.308 e. The highest BCUT2D eigenvalue weighted by atomic mass is 15.3. The van der Waals surface area contributed by atoms with Crippen molar-refractivity contribution in [3.8, 4) is 0 Å². The van der Waals surface area contributed by atoms with Crippen molar-refractivity contribution in [3.63, 3.8) is 0 Å². The average Bonchev–Trinajstić information content (AvgIpc) is 2.49. The predicted molar refractivity (Wildman–Crippen MR) is 59.0 cm³/mol. The van der Waals surface area contributed by atoms with E-state index >= 15 is 0 Å². The zero-order valence-corrected chi connectivity index (χ0v) is 9.25. The molecule has 3 heteroatoms. The summed E-state index contributed by atoms with van der Waals surface area (Å²) in [6.45, 7) is 11.8. The minimum absolute atomic E-state index is 0.153. The maximum Gasteiger partial charge on any atom is 0.0587 e. The summed E-state index contributed by atoms with van der Waals surface area (Å²) in [5.41, 5.74) is 1.36. The molecule has 0 radical (unpaired) electrons. The smallest absolute Gasteiger partial charge is 0.0587 e. The summed E-state index contributed by atoms with van der Waals surface area (Å²) in [6.07, 6.45) is 5.77. The molecule has 0 aromatic carbocycles. The van der Waals surface area contributed by atoms with Crippen molar-refractivity contribution in [1.82, 2.24) is 15.1 Å². The molecule has 0 fully saturated rings. The topological polar surface area (TPSA) is 29.9 Å². The Morgan fingerprint density at radius 1 is 1.57 bits per heavy atom. The van der Waals surface area contributed by atoms with Crippen LogP contribution in [0, 0.1) is 0 Å². The summed E-state index contributed by atoms with van der Waals surface area (Å²) < 4.78 is 1.88. The molecule has 0 atom stereocenters. The lowest BCUT2D eigenvalue weighted by Gasteiger charge is -2.19. The average molecular weight is 193 g/mol. The third-order valence-electron chi connectivity index (χ3n) is 1.83. The fourth-order valence-electron chi connectivity index (χ4n) is 1.10. The van der Waals surface area contributed by atoms with Crippen molar-refractivity contribution in [1.29, 1.82) is 0 Å². The van der Waals surface area contributed by atoms with Crippen LogP contribution in [-0.4, -0.2) is 15.3 Å². The number of hydrogen-bond acceptors (Lipinski definition) is 2. The van der Waals surface area contributed by atoms with Gasteiger partial charge in [-0.1, -0.05) is 6.08 Å². The Labute approximate surface area is 85.8 Å². The molecule has 14 heavy (non-hydrogen) atoms. The molecule has 0 bridgehead atoms. The maximum atomic E-state index is 4.21. The van der Waals surface area contributed by atoms with Crippen LogP contribution < -0.4 is 5.32 Å². The van der Waals surface area contributed by atoms with E-state index < -0.39 is 0 Å². The van der Waals surface area contributed by atoms with Crippen LogP contribution >= 0.6 is 0 Å². The Balaban J connectivity index is 2.47. The van der Waals surface area contributed by atoms with E-state index in [9.17, 15) is 0 Å². The molecule has 0 unspecified atom stereocenters. The van der Waals surface area contributed by atoms with E-state index in [1.807, 2.05) is 23.2 Å². The number of hydrogen-bond donors (Lipinski definition) is 1. The highest BCUT2D eigenvalue weighted by molar-refractivity contribution is 5.04. The lowest BCUT2D eigenvalue weighted by Crippen LogP contribution is -2.34. The second kappa shape index (κ2) is 4.42. The summed E-state index contributed by atoms with van der Waals surface area (Å²) >= 11 is 0. The van der Waals surface area contributed by atoms with Crippen molar-refractivity contribution in [2.45, 2.75) is 39.4 Å². The molecular formula is C11H19N3.